The predicted molar refractivity (Wildman–Crippen MR) is 93.4 cm³/mol. The molecule has 4 aromatic rings. The lowest BCUT2D eigenvalue weighted by Crippen LogP contribution is -2.11. The van der Waals surface area contributed by atoms with Gasteiger partial charge in [0.25, 0.3) is 5.91 Å². The first-order valence-corrected chi connectivity index (χ1v) is 8.37. The summed E-state index contributed by atoms with van der Waals surface area (Å²) in [4.78, 5) is 22.5. The lowest BCUT2D eigenvalue weighted by Gasteiger charge is -2.01. The van der Waals surface area contributed by atoms with Crippen molar-refractivity contribution < 1.29 is 18.0 Å². The van der Waals surface area contributed by atoms with Crippen LogP contribution in [0.5, 0.6) is 0 Å². The van der Waals surface area contributed by atoms with Crippen LogP contribution in [-0.2, 0) is 6.18 Å². The standard InChI is InChI=1S/C17H11F3N4OS/c1-8-3-2-4-12-13(8)23-16(26-12)24-14(25)9-5-6-10-11(7-9)22-15(21-10)17(18,19)20/h2-7H,1H3,(H,21,22)(H,23,24,25). The Bertz CT molecular complexity index is 1150. The van der Waals surface area contributed by atoms with E-state index < -0.39 is 17.9 Å². The first kappa shape index (κ1) is 16.5. The fourth-order valence-electron chi connectivity index (χ4n) is 2.59. The Morgan fingerprint density at radius 3 is 2.73 bits per heavy atom. The molecule has 0 bridgehead atoms. The van der Waals surface area contributed by atoms with E-state index in [0.29, 0.717) is 5.13 Å². The topological polar surface area (TPSA) is 70.7 Å². The number of amides is 1. The Labute approximate surface area is 148 Å². The van der Waals surface area contributed by atoms with E-state index in [0.717, 1.165) is 15.8 Å². The van der Waals surface area contributed by atoms with Gasteiger partial charge in [-0.15, -0.1) is 0 Å². The zero-order valence-corrected chi connectivity index (χ0v) is 14.1. The van der Waals surface area contributed by atoms with Crippen LogP contribution in [0.1, 0.15) is 21.7 Å². The van der Waals surface area contributed by atoms with Crippen LogP contribution in [-0.4, -0.2) is 20.9 Å². The highest BCUT2D eigenvalue weighted by Gasteiger charge is 2.34. The fraction of sp³-hybridized carbons (Fsp3) is 0.118. The highest BCUT2D eigenvalue weighted by molar-refractivity contribution is 7.22. The molecule has 0 aliphatic heterocycles. The first-order chi connectivity index (χ1) is 12.3. The number of H-pyrrole nitrogens is 1. The molecule has 5 nitrogen and oxygen atoms in total. The minimum atomic E-state index is -4.57. The number of nitrogens with zero attached hydrogens (tertiary/aromatic N) is 2. The number of anilines is 1. The molecule has 0 spiro atoms. The summed E-state index contributed by atoms with van der Waals surface area (Å²) in [5, 5.41) is 3.12. The number of carbonyl (C=O) groups excluding carboxylic acids is 1. The van der Waals surface area contributed by atoms with Crippen LogP contribution in [0.15, 0.2) is 36.4 Å². The highest BCUT2D eigenvalue weighted by Crippen LogP contribution is 2.30. The minimum Gasteiger partial charge on any atom is -0.334 e. The van der Waals surface area contributed by atoms with E-state index in [9.17, 15) is 18.0 Å². The van der Waals surface area contributed by atoms with Gasteiger partial charge in [-0.3, -0.25) is 10.1 Å². The minimum absolute atomic E-state index is 0.143. The lowest BCUT2D eigenvalue weighted by atomic mass is 10.2. The summed E-state index contributed by atoms with van der Waals surface area (Å²) >= 11 is 1.33. The summed E-state index contributed by atoms with van der Waals surface area (Å²) in [6.45, 7) is 1.93. The Hall–Kier alpha value is -2.94. The van der Waals surface area contributed by atoms with Crippen LogP contribution < -0.4 is 5.32 Å². The number of aryl methyl sites for hydroxylation is 1. The van der Waals surface area contributed by atoms with Gasteiger partial charge in [0.15, 0.2) is 5.13 Å². The van der Waals surface area contributed by atoms with Gasteiger partial charge >= 0.3 is 6.18 Å². The molecule has 0 unspecified atom stereocenters. The average molecular weight is 376 g/mol. The number of halogens is 3. The molecule has 9 heteroatoms. The maximum Gasteiger partial charge on any atom is 0.449 e. The molecule has 0 radical (unpaired) electrons. The van der Waals surface area contributed by atoms with Crippen molar-refractivity contribution in [3.05, 3.63) is 53.3 Å². The molecule has 0 saturated carbocycles. The Morgan fingerprint density at radius 1 is 1.19 bits per heavy atom. The number of hydrogen-bond donors (Lipinski definition) is 2. The summed E-state index contributed by atoms with van der Waals surface area (Å²) in [5.74, 6) is -1.54. The van der Waals surface area contributed by atoms with Crippen LogP contribution in [0.25, 0.3) is 21.3 Å². The van der Waals surface area contributed by atoms with Gasteiger partial charge in [0.1, 0.15) is 0 Å². The number of nitrogens with one attached hydrogen (secondary N) is 2. The van der Waals surface area contributed by atoms with Gasteiger partial charge < -0.3 is 4.98 Å². The lowest BCUT2D eigenvalue weighted by molar-refractivity contribution is -0.144. The zero-order valence-electron chi connectivity index (χ0n) is 13.3. The molecule has 2 aromatic carbocycles. The highest BCUT2D eigenvalue weighted by atomic mass is 32.1. The van der Waals surface area contributed by atoms with Crippen molar-refractivity contribution in [2.45, 2.75) is 13.1 Å². The summed E-state index contributed by atoms with van der Waals surface area (Å²) in [6, 6.07) is 9.88. The second kappa shape index (κ2) is 5.80. The molecule has 0 aliphatic carbocycles. The van der Waals surface area contributed by atoms with Crippen molar-refractivity contribution in [1.29, 1.82) is 0 Å². The number of alkyl halides is 3. The molecule has 2 N–H and O–H groups in total. The molecule has 4 rings (SSSR count). The third-order valence-electron chi connectivity index (χ3n) is 3.85. The van der Waals surface area contributed by atoms with Gasteiger partial charge in [0.05, 0.1) is 21.3 Å². The quantitative estimate of drug-likeness (QED) is 0.530. The first-order valence-electron chi connectivity index (χ1n) is 7.56. The molecule has 132 valence electrons. The third-order valence-corrected chi connectivity index (χ3v) is 4.79. The van der Waals surface area contributed by atoms with Crippen LogP contribution in [0.2, 0.25) is 0 Å². The van der Waals surface area contributed by atoms with Crippen molar-refractivity contribution >= 4 is 43.6 Å². The van der Waals surface area contributed by atoms with E-state index >= 15 is 0 Å². The number of fused-ring (bicyclic) bond motifs is 2. The number of imidazole rings is 1. The number of benzene rings is 2. The normalized spacial score (nSPS) is 12.0. The molecule has 0 saturated heterocycles. The van der Waals surface area contributed by atoms with E-state index in [-0.39, 0.29) is 16.6 Å². The smallest absolute Gasteiger partial charge is 0.334 e. The Kier molecular flexibility index (Phi) is 3.69. The molecule has 0 aliphatic rings. The number of aromatic amines is 1. The number of aromatic nitrogens is 3. The number of para-hydroxylation sites is 1. The fourth-order valence-corrected chi connectivity index (χ4v) is 3.53. The zero-order chi connectivity index (χ0) is 18.5. The maximum absolute atomic E-state index is 12.7. The van der Waals surface area contributed by atoms with Gasteiger partial charge in [-0.05, 0) is 36.8 Å². The maximum atomic E-state index is 12.7. The monoisotopic (exact) mass is 376 g/mol. The van der Waals surface area contributed by atoms with Crippen molar-refractivity contribution in [2.75, 3.05) is 5.32 Å². The Morgan fingerprint density at radius 2 is 2.00 bits per heavy atom. The molecular weight excluding hydrogens is 365 g/mol. The van der Waals surface area contributed by atoms with Gasteiger partial charge in [-0.1, -0.05) is 23.5 Å². The average Bonchev–Trinajstić information content (AvgIpc) is 3.18. The van der Waals surface area contributed by atoms with Crippen LogP contribution in [0.3, 0.4) is 0 Å². The molecule has 2 heterocycles. The molecule has 0 atom stereocenters. The van der Waals surface area contributed by atoms with Crippen LogP contribution in [0.4, 0.5) is 18.3 Å². The molecule has 0 fully saturated rings. The van der Waals surface area contributed by atoms with Gasteiger partial charge in [0.2, 0.25) is 5.82 Å². The SMILES string of the molecule is Cc1cccc2sc(NC(=O)c3ccc4nc(C(F)(F)F)[nH]c4c3)nc12. The van der Waals surface area contributed by atoms with Crippen LogP contribution >= 0.6 is 11.3 Å². The summed E-state index contributed by atoms with van der Waals surface area (Å²) in [7, 11) is 0. The van der Waals surface area contributed by atoms with Crippen molar-refractivity contribution in [3.8, 4) is 0 Å². The van der Waals surface area contributed by atoms with Gasteiger partial charge in [-0.2, -0.15) is 13.2 Å². The predicted octanol–water partition coefficient (Wildman–Crippen LogP) is 4.75. The second-order valence-corrected chi connectivity index (χ2v) is 6.74. The van der Waals surface area contributed by atoms with E-state index in [2.05, 4.69) is 20.3 Å². The summed E-state index contributed by atoms with van der Waals surface area (Å²) in [6.07, 6.45) is -4.57. The van der Waals surface area contributed by atoms with Gasteiger partial charge in [-0.25, -0.2) is 9.97 Å². The van der Waals surface area contributed by atoms with E-state index in [1.165, 1.54) is 29.5 Å². The number of hydrogen-bond acceptors (Lipinski definition) is 4. The molecule has 26 heavy (non-hydrogen) atoms. The molecular formula is C17H11F3N4OS. The third kappa shape index (κ3) is 2.90. The van der Waals surface area contributed by atoms with E-state index in [4.69, 9.17) is 0 Å². The molecule has 2 aromatic heterocycles. The summed E-state index contributed by atoms with van der Waals surface area (Å²) in [5.41, 5.74) is 2.31. The second-order valence-electron chi connectivity index (χ2n) is 5.71. The number of thiazole rings is 1. The van der Waals surface area contributed by atoms with Crippen molar-refractivity contribution in [1.82, 2.24) is 15.0 Å². The van der Waals surface area contributed by atoms with Crippen molar-refractivity contribution in [2.24, 2.45) is 0 Å². The van der Waals surface area contributed by atoms with E-state index in [1.54, 1.807) is 0 Å². The van der Waals surface area contributed by atoms with Crippen LogP contribution in [0, 0.1) is 6.92 Å². The van der Waals surface area contributed by atoms with Gasteiger partial charge in [0, 0.05) is 5.56 Å². The Balaban J connectivity index is 1.63. The molecule has 1 amide bonds. The summed E-state index contributed by atoms with van der Waals surface area (Å²) < 4.78 is 39.1. The number of rotatable bonds is 2. The number of carbonyl (C=O) groups is 1. The van der Waals surface area contributed by atoms with E-state index in [1.807, 2.05) is 25.1 Å². The van der Waals surface area contributed by atoms with Crippen molar-refractivity contribution in [3.63, 3.8) is 0 Å². The largest absolute Gasteiger partial charge is 0.449 e.